The topological polar surface area (TPSA) is 46.2 Å². The van der Waals surface area contributed by atoms with Gasteiger partial charge in [-0.25, -0.2) is 8.42 Å². The van der Waals surface area contributed by atoms with E-state index < -0.39 is 10.0 Å². The molecular weight excluding hydrogens is 246 g/mol. The van der Waals surface area contributed by atoms with Gasteiger partial charge in [0.15, 0.2) is 0 Å². The lowest BCUT2D eigenvalue weighted by Crippen LogP contribution is -2.13. The molecule has 0 aliphatic heterocycles. The first-order valence-electron chi connectivity index (χ1n) is 5.78. The molecule has 0 unspecified atom stereocenters. The standard InChI is InChI=1S/C14H15NO2S/c1-2-12-7-6-10-14(11-12)18(16,17)15-13-8-4-3-5-9-13/h3-11,15H,2H2,1H3. The summed E-state index contributed by atoms with van der Waals surface area (Å²) < 4.78 is 26.9. The summed E-state index contributed by atoms with van der Waals surface area (Å²) >= 11 is 0. The molecule has 2 aromatic carbocycles. The van der Waals surface area contributed by atoms with Gasteiger partial charge < -0.3 is 0 Å². The van der Waals surface area contributed by atoms with Crippen molar-refractivity contribution in [3.63, 3.8) is 0 Å². The van der Waals surface area contributed by atoms with Crippen molar-refractivity contribution < 1.29 is 8.42 Å². The van der Waals surface area contributed by atoms with Crippen LogP contribution in [0.15, 0.2) is 59.5 Å². The molecule has 0 bridgehead atoms. The zero-order chi connectivity index (χ0) is 13.0. The van der Waals surface area contributed by atoms with E-state index in [4.69, 9.17) is 0 Å². The molecule has 0 saturated heterocycles. The largest absolute Gasteiger partial charge is 0.280 e. The maximum absolute atomic E-state index is 12.2. The van der Waals surface area contributed by atoms with Gasteiger partial charge in [-0.05, 0) is 36.2 Å². The third-order valence-electron chi connectivity index (χ3n) is 2.64. The van der Waals surface area contributed by atoms with Crippen LogP contribution in [0.1, 0.15) is 12.5 Å². The third kappa shape index (κ3) is 2.90. The first kappa shape index (κ1) is 12.6. The Balaban J connectivity index is 2.31. The molecule has 1 N–H and O–H groups in total. The van der Waals surface area contributed by atoms with Crippen molar-refractivity contribution >= 4 is 15.7 Å². The molecule has 0 heterocycles. The third-order valence-corrected chi connectivity index (χ3v) is 4.02. The molecule has 4 heteroatoms. The van der Waals surface area contributed by atoms with E-state index in [1.54, 1.807) is 42.5 Å². The lowest BCUT2D eigenvalue weighted by molar-refractivity contribution is 0.601. The minimum Gasteiger partial charge on any atom is -0.280 e. The van der Waals surface area contributed by atoms with Crippen LogP contribution in [0.5, 0.6) is 0 Å². The van der Waals surface area contributed by atoms with E-state index in [0.717, 1.165) is 12.0 Å². The molecule has 0 aliphatic carbocycles. The predicted octanol–water partition coefficient (Wildman–Crippen LogP) is 3.05. The lowest BCUT2D eigenvalue weighted by atomic mass is 10.2. The Morgan fingerprint density at radius 2 is 1.72 bits per heavy atom. The van der Waals surface area contributed by atoms with Crippen LogP contribution < -0.4 is 4.72 Å². The molecule has 3 nitrogen and oxygen atoms in total. The smallest absolute Gasteiger partial charge is 0.261 e. The summed E-state index contributed by atoms with van der Waals surface area (Å²) in [5, 5.41) is 0. The van der Waals surface area contributed by atoms with Gasteiger partial charge in [-0.3, -0.25) is 4.72 Å². The Kier molecular flexibility index (Phi) is 3.67. The van der Waals surface area contributed by atoms with Crippen molar-refractivity contribution in [3.05, 3.63) is 60.2 Å². The molecule has 0 atom stereocenters. The van der Waals surface area contributed by atoms with Crippen LogP contribution in [0.3, 0.4) is 0 Å². The number of benzene rings is 2. The molecule has 0 saturated carbocycles. The molecule has 0 aromatic heterocycles. The van der Waals surface area contributed by atoms with Crippen LogP contribution in [0.4, 0.5) is 5.69 Å². The quantitative estimate of drug-likeness (QED) is 0.919. The van der Waals surface area contributed by atoms with Crippen molar-refractivity contribution in [2.75, 3.05) is 4.72 Å². The van der Waals surface area contributed by atoms with Crippen molar-refractivity contribution in [1.29, 1.82) is 0 Å². The SMILES string of the molecule is CCc1cccc(S(=O)(=O)Nc2ccccc2)c1. The normalized spacial score (nSPS) is 11.2. The van der Waals surface area contributed by atoms with Gasteiger partial charge >= 0.3 is 0 Å². The summed E-state index contributed by atoms with van der Waals surface area (Å²) in [6.07, 6.45) is 0.814. The van der Waals surface area contributed by atoms with E-state index in [9.17, 15) is 8.42 Å². The molecule has 2 rings (SSSR count). The zero-order valence-electron chi connectivity index (χ0n) is 10.1. The van der Waals surface area contributed by atoms with Crippen LogP contribution in [-0.2, 0) is 16.4 Å². The minimum absolute atomic E-state index is 0.297. The van der Waals surface area contributed by atoms with Crippen LogP contribution in [0.25, 0.3) is 0 Å². The minimum atomic E-state index is -3.50. The summed E-state index contributed by atoms with van der Waals surface area (Å²) in [6, 6.07) is 15.9. The van der Waals surface area contributed by atoms with E-state index in [-0.39, 0.29) is 0 Å². The number of nitrogens with one attached hydrogen (secondary N) is 1. The average molecular weight is 261 g/mol. The molecule has 2 aromatic rings. The van der Waals surface area contributed by atoms with Gasteiger partial charge in [0, 0.05) is 5.69 Å². The highest BCUT2D eigenvalue weighted by molar-refractivity contribution is 7.92. The van der Waals surface area contributed by atoms with Crippen LogP contribution in [0, 0.1) is 0 Å². The van der Waals surface area contributed by atoms with Crippen LogP contribution >= 0.6 is 0 Å². The van der Waals surface area contributed by atoms with E-state index >= 15 is 0 Å². The summed E-state index contributed by atoms with van der Waals surface area (Å²) in [5.41, 5.74) is 1.57. The number of aryl methyl sites for hydroxylation is 1. The fourth-order valence-electron chi connectivity index (χ4n) is 1.65. The molecular formula is C14H15NO2S. The Bertz CT molecular complexity index is 621. The van der Waals surface area contributed by atoms with Crippen LogP contribution in [0.2, 0.25) is 0 Å². The summed E-state index contributed by atoms with van der Waals surface area (Å²) in [4.78, 5) is 0.297. The average Bonchev–Trinajstić information content (AvgIpc) is 2.39. The Labute approximate surface area is 108 Å². The number of sulfonamides is 1. The first-order chi connectivity index (χ1) is 8.62. The summed E-state index contributed by atoms with van der Waals surface area (Å²) in [7, 11) is -3.50. The second-order valence-electron chi connectivity index (χ2n) is 3.97. The fraction of sp³-hybridized carbons (Fsp3) is 0.143. The fourth-order valence-corrected chi connectivity index (χ4v) is 2.78. The van der Waals surface area contributed by atoms with Gasteiger partial charge in [0.2, 0.25) is 0 Å². The maximum Gasteiger partial charge on any atom is 0.261 e. The second kappa shape index (κ2) is 5.23. The number of hydrogen-bond acceptors (Lipinski definition) is 2. The van der Waals surface area contributed by atoms with Gasteiger partial charge in [-0.2, -0.15) is 0 Å². The number of para-hydroxylation sites is 1. The van der Waals surface area contributed by atoms with Crippen LogP contribution in [-0.4, -0.2) is 8.42 Å². The Hall–Kier alpha value is -1.81. The van der Waals surface area contributed by atoms with Crippen molar-refractivity contribution in [2.24, 2.45) is 0 Å². The predicted molar refractivity (Wildman–Crippen MR) is 73.1 cm³/mol. The molecule has 0 radical (unpaired) electrons. The Morgan fingerprint density at radius 1 is 1.00 bits per heavy atom. The van der Waals surface area contributed by atoms with E-state index in [0.29, 0.717) is 10.6 Å². The monoisotopic (exact) mass is 261 g/mol. The summed E-state index contributed by atoms with van der Waals surface area (Å²) in [6.45, 7) is 2.00. The zero-order valence-corrected chi connectivity index (χ0v) is 10.9. The van der Waals surface area contributed by atoms with E-state index in [1.807, 2.05) is 19.1 Å². The molecule has 0 aliphatic rings. The number of anilines is 1. The second-order valence-corrected chi connectivity index (χ2v) is 5.65. The molecule has 0 spiro atoms. The highest BCUT2D eigenvalue weighted by Gasteiger charge is 2.13. The Morgan fingerprint density at radius 3 is 2.39 bits per heavy atom. The molecule has 0 fully saturated rings. The van der Waals surface area contributed by atoms with Gasteiger partial charge in [-0.15, -0.1) is 0 Å². The maximum atomic E-state index is 12.2. The first-order valence-corrected chi connectivity index (χ1v) is 7.27. The highest BCUT2D eigenvalue weighted by atomic mass is 32.2. The van der Waals surface area contributed by atoms with Gasteiger partial charge in [0.05, 0.1) is 4.90 Å². The number of hydrogen-bond donors (Lipinski definition) is 1. The van der Waals surface area contributed by atoms with Crippen molar-refractivity contribution in [2.45, 2.75) is 18.2 Å². The van der Waals surface area contributed by atoms with Gasteiger partial charge in [0.1, 0.15) is 0 Å². The van der Waals surface area contributed by atoms with Crippen molar-refractivity contribution in [3.8, 4) is 0 Å². The summed E-state index contributed by atoms with van der Waals surface area (Å²) in [5.74, 6) is 0. The molecule has 94 valence electrons. The molecule has 0 amide bonds. The van der Waals surface area contributed by atoms with Gasteiger partial charge in [-0.1, -0.05) is 37.3 Å². The van der Waals surface area contributed by atoms with Gasteiger partial charge in [0.25, 0.3) is 10.0 Å². The van der Waals surface area contributed by atoms with Crippen molar-refractivity contribution in [1.82, 2.24) is 0 Å². The van der Waals surface area contributed by atoms with E-state index in [2.05, 4.69) is 4.72 Å². The highest BCUT2D eigenvalue weighted by Crippen LogP contribution is 2.16. The molecule has 18 heavy (non-hydrogen) atoms. The van der Waals surface area contributed by atoms with E-state index in [1.165, 1.54) is 0 Å². The lowest BCUT2D eigenvalue weighted by Gasteiger charge is -2.08. The number of rotatable bonds is 4.